The quantitative estimate of drug-likeness (QED) is 0.758. The molecule has 1 aromatic heterocycles. The van der Waals surface area contributed by atoms with E-state index in [0.717, 1.165) is 12.0 Å². The van der Waals surface area contributed by atoms with E-state index in [1.807, 2.05) is 24.3 Å². The van der Waals surface area contributed by atoms with E-state index in [9.17, 15) is 4.79 Å². The van der Waals surface area contributed by atoms with Crippen molar-refractivity contribution in [1.29, 1.82) is 0 Å². The zero-order valence-electron chi connectivity index (χ0n) is 9.64. The Labute approximate surface area is 98.4 Å². The molecular weight excluding hydrogens is 220 g/mol. The molecule has 88 valence electrons. The van der Waals surface area contributed by atoms with Crippen LogP contribution in [0.4, 0.5) is 0 Å². The van der Waals surface area contributed by atoms with Crippen molar-refractivity contribution in [1.82, 2.24) is 10.1 Å². The number of carbonyl (C=O) groups excluding carboxylic acids is 1. The van der Waals surface area contributed by atoms with Crippen molar-refractivity contribution >= 4 is 5.97 Å². The second-order valence-corrected chi connectivity index (χ2v) is 3.47. The fourth-order valence-electron chi connectivity index (χ4n) is 1.40. The van der Waals surface area contributed by atoms with Gasteiger partial charge in [0.25, 0.3) is 0 Å². The zero-order chi connectivity index (χ0) is 12.3. The van der Waals surface area contributed by atoms with Gasteiger partial charge in [-0.05, 0) is 12.0 Å². The third-order valence-corrected chi connectivity index (χ3v) is 2.41. The molecule has 1 aromatic carbocycles. The van der Waals surface area contributed by atoms with Gasteiger partial charge in [-0.3, -0.25) is 0 Å². The first-order valence-corrected chi connectivity index (χ1v) is 5.26. The van der Waals surface area contributed by atoms with Gasteiger partial charge in [-0.1, -0.05) is 36.3 Å². The number of ether oxygens (including phenoxy) is 1. The minimum absolute atomic E-state index is 0.137. The monoisotopic (exact) mass is 232 g/mol. The van der Waals surface area contributed by atoms with Gasteiger partial charge in [-0.15, -0.1) is 0 Å². The van der Waals surface area contributed by atoms with Gasteiger partial charge in [0, 0.05) is 5.56 Å². The molecule has 0 N–H and O–H groups in total. The number of aryl methyl sites for hydroxylation is 1. The van der Waals surface area contributed by atoms with Gasteiger partial charge < -0.3 is 9.26 Å². The molecule has 0 amide bonds. The summed E-state index contributed by atoms with van der Waals surface area (Å²) >= 11 is 0. The fourth-order valence-corrected chi connectivity index (χ4v) is 1.40. The van der Waals surface area contributed by atoms with Crippen LogP contribution >= 0.6 is 0 Å². The van der Waals surface area contributed by atoms with Crippen LogP contribution in [-0.4, -0.2) is 23.2 Å². The van der Waals surface area contributed by atoms with Crippen LogP contribution in [0.25, 0.3) is 11.4 Å². The molecule has 1 heterocycles. The van der Waals surface area contributed by atoms with Gasteiger partial charge in [0.15, 0.2) is 0 Å². The molecule has 0 saturated heterocycles. The molecular formula is C12H12N2O3. The van der Waals surface area contributed by atoms with E-state index < -0.39 is 5.97 Å². The van der Waals surface area contributed by atoms with Crippen molar-refractivity contribution in [3.63, 3.8) is 0 Å². The minimum Gasteiger partial charge on any atom is -0.462 e. The number of benzene rings is 1. The van der Waals surface area contributed by atoms with Crippen LogP contribution in [0.2, 0.25) is 0 Å². The van der Waals surface area contributed by atoms with E-state index in [2.05, 4.69) is 21.8 Å². The van der Waals surface area contributed by atoms with E-state index in [1.54, 1.807) is 0 Å². The number of aromatic nitrogens is 2. The van der Waals surface area contributed by atoms with Gasteiger partial charge in [-0.2, -0.15) is 4.98 Å². The Hall–Kier alpha value is -2.17. The van der Waals surface area contributed by atoms with E-state index in [4.69, 9.17) is 4.52 Å². The largest absolute Gasteiger partial charge is 0.462 e. The van der Waals surface area contributed by atoms with Crippen LogP contribution in [0, 0.1) is 0 Å². The third-order valence-electron chi connectivity index (χ3n) is 2.41. The summed E-state index contributed by atoms with van der Waals surface area (Å²) in [5.74, 6) is -0.385. The topological polar surface area (TPSA) is 65.2 Å². The van der Waals surface area contributed by atoms with Crippen LogP contribution in [0.5, 0.6) is 0 Å². The second-order valence-electron chi connectivity index (χ2n) is 3.47. The standard InChI is InChI=1S/C12H12N2O3/c1-3-8-4-6-9(7-5-8)10-13-11(17-14-10)12(15)16-2/h4-7H,3H2,1-2H3. The summed E-state index contributed by atoms with van der Waals surface area (Å²) in [5.41, 5.74) is 2.03. The van der Waals surface area contributed by atoms with Crippen molar-refractivity contribution in [2.24, 2.45) is 0 Å². The molecule has 0 radical (unpaired) electrons. The number of esters is 1. The Morgan fingerprint density at radius 3 is 2.65 bits per heavy atom. The summed E-state index contributed by atoms with van der Waals surface area (Å²) in [4.78, 5) is 15.1. The molecule has 0 unspecified atom stereocenters. The third kappa shape index (κ3) is 2.33. The molecule has 2 rings (SSSR count). The fraction of sp³-hybridized carbons (Fsp3) is 0.250. The lowest BCUT2D eigenvalue weighted by Crippen LogP contribution is -2.00. The van der Waals surface area contributed by atoms with Crippen LogP contribution in [0.1, 0.15) is 23.2 Å². The average molecular weight is 232 g/mol. The molecule has 0 saturated carbocycles. The number of nitrogens with zero attached hydrogens (tertiary/aromatic N) is 2. The second kappa shape index (κ2) is 4.78. The summed E-state index contributed by atoms with van der Waals surface area (Å²) in [6.45, 7) is 2.08. The Balaban J connectivity index is 2.27. The first-order chi connectivity index (χ1) is 8.24. The van der Waals surface area contributed by atoms with Crippen LogP contribution in [0.15, 0.2) is 28.8 Å². The molecule has 5 nitrogen and oxygen atoms in total. The molecule has 0 aliphatic rings. The Morgan fingerprint density at radius 2 is 2.06 bits per heavy atom. The summed E-state index contributed by atoms with van der Waals surface area (Å²) in [7, 11) is 1.27. The predicted octanol–water partition coefficient (Wildman–Crippen LogP) is 2.09. The molecule has 0 bridgehead atoms. The predicted molar refractivity (Wildman–Crippen MR) is 60.5 cm³/mol. The number of hydrogen-bond acceptors (Lipinski definition) is 5. The molecule has 0 spiro atoms. The van der Waals surface area contributed by atoms with Gasteiger partial charge in [0.1, 0.15) is 0 Å². The maximum Gasteiger partial charge on any atom is 0.397 e. The molecule has 0 fully saturated rings. The lowest BCUT2D eigenvalue weighted by Gasteiger charge is -1.97. The highest BCUT2D eigenvalue weighted by Gasteiger charge is 2.15. The summed E-state index contributed by atoms with van der Waals surface area (Å²) in [5, 5.41) is 3.72. The summed E-state index contributed by atoms with van der Waals surface area (Å²) in [6.07, 6.45) is 0.972. The first-order valence-electron chi connectivity index (χ1n) is 5.26. The normalized spacial score (nSPS) is 10.2. The minimum atomic E-state index is -0.631. The van der Waals surface area contributed by atoms with E-state index in [1.165, 1.54) is 12.7 Å². The highest BCUT2D eigenvalue weighted by molar-refractivity contribution is 5.84. The van der Waals surface area contributed by atoms with Crippen molar-refractivity contribution < 1.29 is 14.1 Å². The molecule has 0 aliphatic carbocycles. The van der Waals surface area contributed by atoms with Crippen molar-refractivity contribution in [2.75, 3.05) is 7.11 Å². The SMILES string of the molecule is CCc1ccc(-c2noc(C(=O)OC)n2)cc1. The Morgan fingerprint density at radius 1 is 1.35 bits per heavy atom. The summed E-state index contributed by atoms with van der Waals surface area (Å²) in [6, 6.07) is 7.77. The Bertz CT molecular complexity index is 517. The van der Waals surface area contributed by atoms with Crippen LogP contribution in [0.3, 0.4) is 0 Å². The van der Waals surface area contributed by atoms with Gasteiger partial charge >= 0.3 is 11.9 Å². The number of carbonyl (C=O) groups is 1. The smallest absolute Gasteiger partial charge is 0.397 e. The van der Waals surface area contributed by atoms with Crippen molar-refractivity contribution in [3.05, 3.63) is 35.7 Å². The van der Waals surface area contributed by atoms with E-state index >= 15 is 0 Å². The van der Waals surface area contributed by atoms with Crippen LogP contribution in [-0.2, 0) is 11.2 Å². The Kier molecular flexibility index (Phi) is 3.18. The lowest BCUT2D eigenvalue weighted by atomic mass is 10.1. The van der Waals surface area contributed by atoms with Crippen molar-refractivity contribution in [3.8, 4) is 11.4 Å². The summed E-state index contributed by atoms with van der Waals surface area (Å²) < 4.78 is 9.28. The van der Waals surface area contributed by atoms with Gasteiger partial charge in [0.05, 0.1) is 7.11 Å². The number of methoxy groups -OCH3 is 1. The average Bonchev–Trinajstić information content (AvgIpc) is 2.87. The van der Waals surface area contributed by atoms with Crippen LogP contribution < -0.4 is 0 Å². The molecule has 0 aliphatic heterocycles. The van der Waals surface area contributed by atoms with Crippen molar-refractivity contribution in [2.45, 2.75) is 13.3 Å². The van der Waals surface area contributed by atoms with E-state index in [-0.39, 0.29) is 5.89 Å². The lowest BCUT2D eigenvalue weighted by molar-refractivity contribution is 0.0545. The molecule has 17 heavy (non-hydrogen) atoms. The first kappa shape index (κ1) is 11.3. The molecule has 0 atom stereocenters. The molecule has 5 heteroatoms. The zero-order valence-corrected chi connectivity index (χ0v) is 9.64. The maximum absolute atomic E-state index is 11.1. The number of hydrogen-bond donors (Lipinski definition) is 0. The number of rotatable bonds is 3. The highest BCUT2D eigenvalue weighted by atomic mass is 16.6. The van der Waals surface area contributed by atoms with Gasteiger partial charge in [0.2, 0.25) is 5.82 Å². The maximum atomic E-state index is 11.1. The highest BCUT2D eigenvalue weighted by Crippen LogP contribution is 2.16. The van der Waals surface area contributed by atoms with Gasteiger partial charge in [-0.25, -0.2) is 4.79 Å². The molecule has 2 aromatic rings. The van der Waals surface area contributed by atoms with E-state index in [0.29, 0.717) is 5.82 Å².